The van der Waals surface area contributed by atoms with Crippen LogP contribution in [0.2, 0.25) is 0 Å². The molecule has 0 unspecified atom stereocenters. The Kier molecular flexibility index (Phi) is 6.93. The fourth-order valence-electron chi connectivity index (χ4n) is 3.83. The molecule has 1 saturated heterocycles. The first-order valence-corrected chi connectivity index (χ1v) is 10.7. The van der Waals surface area contributed by atoms with Crippen LogP contribution in [0, 0.1) is 5.82 Å². The maximum atomic E-state index is 13.9. The summed E-state index contributed by atoms with van der Waals surface area (Å²) < 4.78 is 19.4. The predicted octanol–water partition coefficient (Wildman–Crippen LogP) is 5.13. The van der Waals surface area contributed by atoms with Crippen LogP contribution >= 0.6 is 0 Å². The van der Waals surface area contributed by atoms with Crippen LogP contribution in [-0.2, 0) is 6.42 Å². The van der Waals surface area contributed by atoms with Gasteiger partial charge in [-0.2, -0.15) is 0 Å². The van der Waals surface area contributed by atoms with Crippen molar-refractivity contribution in [3.63, 3.8) is 0 Å². The van der Waals surface area contributed by atoms with Gasteiger partial charge in [-0.25, -0.2) is 4.39 Å². The van der Waals surface area contributed by atoms with Gasteiger partial charge >= 0.3 is 0 Å². The molecular weight excluding hydrogens is 377 g/mol. The standard InChI is InChI=1S/C25H28FN3O/c26-24-11-4-5-12-25(24)29-18-16-28(17-19-29)15-7-6-10-23-20-22(27-30-23)14-13-21-8-2-1-3-9-21/h1-5,8-9,11-14,20H,6-7,10,15-19H2. The summed E-state index contributed by atoms with van der Waals surface area (Å²) in [5.41, 5.74) is 2.73. The minimum absolute atomic E-state index is 0.129. The molecule has 5 heteroatoms. The second-order valence-electron chi connectivity index (χ2n) is 7.70. The Morgan fingerprint density at radius 1 is 0.900 bits per heavy atom. The summed E-state index contributed by atoms with van der Waals surface area (Å²) >= 11 is 0. The molecule has 3 aromatic rings. The van der Waals surface area contributed by atoms with Crippen LogP contribution in [0.4, 0.5) is 10.1 Å². The lowest BCUT2D eigenvalue weighted by molar-refractivity contribution is 0.251. The summed E-state index contributed by atoms with van der Waals surface area (Å²) in [7, 11) is 0. The maximum absolute atomic E-state index is 13.9. The molecule has 30 heavy (non-hydrogen) atoms. The fraction of sp³-hybridized carbons (Fsp3) is 0.320. The van der Waals surface area contributed by atoms with E-state index < -0.39 is 0 Å². The summed E-state index contributed by atoms with van der Waals surface area (Å²) in [4.78, 5) is 4.61. The molecule has 1 aliphatic heterocycles. The first kappa shape index (κ1) is 20.4. The lowest BCUT2D eigenvalue weighted by Gasteiger charge is -2.36. The monoisotopic (exact) mass is 405 g/mol. The van der Waals surface area contributed by atoms with Gasteiger partial charge in [0.15, 0.2) is 0 Å². The molecule has 4 nitrogen and oxygen atoms in total. The molecule has 4 rings (SSSR count). The van der Waals surface area contributed by atoms with E-state index in [1.807, 2.05) is 48.6 Å². The lowest BCUT2D eigenvalue weighted by atomic mass is 10.1. The van der Waals surface area contributed by atoms with E-state index in [-0.39, 0.29) is 5.82 Å². The maximum Gasteiger partial charge on any atom is 0.146 e. The third kappa shape index (κ3) is 5.57. The number of halogens is 1. The van der Waals surface area contributed by atoms with Crippen molar-refractivity contribution in [3.8, 4) is 0 Å². The van der Waals surface area contributed by atoms with Gasteiger partial charge < -0.3 is 9.42 Å². The van der Waals surface area contributed by atoms with Gasteiger partial charge in [-0.3, -0.25) is 4.90 Å². The molecule has 0 spiro atoms. The second-order valence-corrected chi connectivity index (χ2v) is 7.70. The van der Waals surface area contributed by atoms with Crippen LogP contribution in [-0.4, -0.2) is 42.8 Å². The molecule has 0 atom stereocenters. The summed E-state index contributed by atoms with van der Waals surface area (Å²) in [5, 5.41) is 4.14. The minimum atomic E-state index is -0.129. The molecule has 2 aromatic carbocycles. The third-order valence-electron chi connectivity index (χ3n) is 5.54. The number of rotatable bonds is 8. The molecule has 0 aliphatic carbocycles. The predicted molar refractivity (Wildman–Crippen MR) is 120 cm³/mol. The van der Waals surface area contributed by atoms with Crippen LogP contribution in [0.3, 0.4) is 0 Å². The van der Waals surface area contributed by atoms with Crippen LogP contribution in [0.25, 0.3) is 12.2 Å². The summed E-state index contributed by atoms with van der Waals surface area (Å²) in [6.07, 6.45) is 7.13. The molecule has 0 saturated carbocycles. The number of anilines is 1. The summed E-state index contributed by atoms with van der Waals surface area (Å²) in [6.45, 7) is 4.77. The number of benzene rings is 2. The van der Waals surface area contributed by atoms with Crippen LogP contribution in [0.15, 0.2) is 65.2 Å². The van der Waals surface area contributed by atoms with Crippen molar-refractivity contribution in [2.45, 2.75) is 19.3 Å². The van der Waals surface area contributed by atoms with Crippen LogP contribution in [0.1, 0.15) is 29.9 Å². The fourth-order valence-corrected chi connectivity index (χ4v) is 3.83. The number of aryl methyl sites for hydroxylation is 1. The van der Waals surface area contributed by atoms with Gasteiger partial charge in [0, 0.05) is 38.7 Å². The van der Waals surface area contributed by atoms with E-state index in [4.69, 9.17) is 4.52 Å². The average molecular weight is 406 g/mol. The van der Waals surface area contributed by atoms with Crippen LogP contribution < -0.4 is 4.90 Å². The molecule has 1 fully saturated rings. The van der Waals surface area contributed by atoms with Gasteiger partial charge in [-0.1, -0.05) is 53.7 Å². The molecule has 1 aromatic heterocycles. The van der Waals surface area contributed by atoms with Gasteiger partial charge in [0.1, 0.15) is 17.3 Å². The second kappa shape index (κ2) is 10.2. The lowest BCUT2D eigenvalue weighted by Crippen LogP contribution is -2.46. The van der Waals surface area contributed by atoms with Crippen molar-refractivity contribution < 1.29 is 8.91 Å². The van der Waals surface area contributed by atoms with E-state index in [9.17, 15) is 4.39 Å². The van der Waals surface area contributed by atoms with Crippen molar-refractivity contribution in [2.24, 2.45) is 0 Å². The van der Waals surface area contributed by atoms with Crippen molar-refractivity contribution in [2.75, 3.05) is 37.6 Å². The molecule has 156 valence electrons. The minimum Gasteiger partial charge on any atom is -0.367 e. The van der Waals surface area contributed by atoms with Gasteiger partial charge in [0.05, 0.1) is 5.69 Å². The Bertz CT molecular complexity index is 946. The zero-order valence-corrected chi connectivity index (χ0v) is 17.2. The summed E-state index contributed by atoms with van der Waals surface area (Å²) in [5.74, 6) is 0.808. The van der Waals surface area contributed by atoms with Crippen molar-refractivity contribution in [3.05, 3.63) is 83.5 Å². The highest BCUT2D eigenvalue weighted by Crippen LogP contribution is 2.20. The van der Waals surface area contributed by atoms with E-state index in [2.05, 4.69) is 27.1 Å². The quantitative estimate of drug-likeness (QED) is 0.487. The Labute approximate surface area is 177 Å². The van der Waals surface area contributed by atoms with Crippen LogP contribution in [0.5, 0.6) is 0 Å². The topological polar surface area (TPSA) is 32.5 Å². The number of hydrogen-bond acceptors (Lipinski definition) is 4. The molecule has 0 radical (unpaired) electrons. The Morgan fingerprint density at radius 2 is 1.67 bits per heavy atom. The first-order chi connectivity index (χ1) is 14.8. The largest absolute Gasteiger partial charge is 0.367 e. The number of nitrogens with zero attached hydrogens (tertiary/aromatic N) is 3. The third-order valence-corrected chi connectivity index (χ3v) is 5.54. The SMILES string of the molecule is Fc1ccccc1N1CCN(CCCCc2cc(C=Cc3ccccc3)no2)CC1. The number of para-hydroxylation sites is 1. The van der Waals surface area contributed by atoms with Crippen molar-refractivity contribution >= 4 is 17.8 Å². The highest BCUT2D eigenvalue weighted by molar-refractivity contribution is 5.67. The van der Waals surface area contributed by atoms with Crippen molar-refractivity contribution in [1.82, 2.24) is 10.1 Å². The van der Waals surface area contributed by atoms with E-state index in [1.165, 1.54) is 6.07 Å². The van der Waals surface area contributed by atoms with E-state index in [1.54, 1.807) is 6.07 Å². The van der Waals surface area contributed by atoms with Gasteiger partial charge in [-0.15, -0.1) is 0 Å². The highest BCUT2D eigenvalue weighted by Gasteiger charge is 2.18. The average Bonchev–Trinajstić information content (AvgIpc) is 3.25. The van der Waals surface area contributed by atoms with E-state index in [0.29, 0.717) is 0 Å². The molecule has 0 N–H and O–H groups in total. The van der Waals surface area contributed by atoms with Gasteiger partial charge in [0.2, 0.25) is 0 Å². The van der Waals surface area contributed by atoms with Gasteiger partial charge in [0.25, 0.3) is 0 Å². The molecular formula is C25H28FN3O. The molecule has 2 heterocycles. The molecule has 0 amide bonds. The molecule has 1 aliphatic rings. The van der Waals surface area contributed by atoms with Crippen molar-refractivity contribution in [1.29, 1.82) is 0 Å². The Hall–Kier alpha value is -2.92. The number of unbranched alkanes of at least 4 members (excludes halogenated alkanes) is 1. The zero-order valence-electron chi connectivity index (χ0n) is 17.2. The molecule has 0 bridgehead atoms. The Morgan fingerprint density at radius 3 is 2.47 bits per heavy atom. The first-order valence-electron chi connectivity index (χ1n) is 10.7. The highest BCUT2D eigenvalue weighted by atomic mass is 19.1. The summed E-state index contributed by atoms with van der Waals surface area (Å²) in [6, 6.07) is 19.2. The normalized spacial score (nSPS) is 15.2. The van der Waals surface area contributed by atoms with E-state index in [0.717, 1.165) is 74.7 Å². The number of hydrogen-bond donors (Lipinski definition) is 0. The smallest absolute Gasteiger partial charge is 0.146 e. The zero-order chi connectivity index (χ0) is 20.6. The van der Waals surface area contributed by atoms with E-state index >= 15 is 0 Å². The number of piperazine rings is 1. The van der Waals surface area contributed by atoms with Gasteiger partial charge in [-0.05, 0) is 43.2 Å². The number of aromatic nitrogens is 1. The Balaban J connectivity index is 1.15.